The molecule has 3 N–H and O–H groups in total. The molecule has 0 amide bonds. The van der Waals surface area contributed by atoms with Gasteiger partial charge < -0.3 is 20.1 Å². The molecule has 0 fully saturated rings. The summed E-state index contributed by atoms with van der Waals surface area (Å²) in [6, 6.07) is 1.86. The minimum absolute atomic E-state index is 0.128. The predicted molar refractivity (Wildman–Crippen MR) is 51.1 cm³/mol. The molecule has 0 saturated carbocycles. The van der Waals surface area contributed by atoms with Crippen molar-refractivity contribution in [1.29, 1.82) is 5.26 Å². The van der Waals surface area contributed by atoms with Crippen molar-refractivity contribution in [2.45, 2.75) is 12.2 Å². The van der Waals surface area contributed by atoms with Crippen molar-refractivity contribution in [3.05, 3.63) is 11.5 Å². The summed E-state index contributed by atoms with van der Waals surface area (Å²) < 4.78 is 4.52. The number of nitrogens with zero attached hydrogens (tertiary/aromatic N) is 1. The first kappa shape index (κ1) is 11.7. The second-order valence-corrected chi connectivity index (χ2v) is 3.83. The van der Waals surface area contributed by atoms with E-state index in [0.29, 0.717) is 0 Å². The van der Waals surface area contributed by atoms with Gasteiger partial charge in [-0.3, -0.25) is 0 Å². The van der Waals surface area contributed by atoms with Crippen molar-refractivity contribution in [1.82, 2.24) is 0 Å². The Bertz CT molecular complexity index is 334. The zero-order valence-electron chi connectivity index (χ0n) is 7.58. The molecule has 6 nitrogen and oxygen atoms in total. The second kappa shape index (κ2) is 4.91. The van der Waals surface area contributed by atoms with Gasteiger partial charge in [-0.25, -0.2) is 4.79 Å². The highest BCUT2D eigenvalue weighted by molar-refractivity contribution is 7.99. The number of cyclic esters (lactones) is 1. The van der Waals surface area contributed by atoms with Crippen LogP contribution in [-0.2, 0) is 9.53 Å². The largest absolute Gasteiger partial charge is 0.505 e. The molecule has 15 heavy (non-hydrogen) atoms. The lowest BCUT2D eigenvalue weighted by atomic mass is 10.2. The van der Waals surface area contributed by atoms with Gasteiger partial charge in [0.25, 0.3) is 0 Å². The summed E-state index contributed by atoms with van der Waals surface area (Å²) in [7, 11) is 0. The molecule has 0 aliphatic carbocycles. The van der Waals surface area contributed by atoms with Crippen LogP contribution in [0, 0.1) is 11.3 Å². The summed E-state index contributed by atoms with van der Waals surface area (Å²) in [6.45, 7) is 0. The number of thioether (sulfide) groups is 1. The molecule has 1 rings (SSSR count). The molecule has 1 aliphatic heterocycles. The van der Waals surface area contributed by atoms with Gasteiger partial charge in [-0.05, 0) is 0 Å². The smallest absolute Gasteiger partial charge is 0.377 e. The normalized spacial score (nSPS) is 22.4. The summed E-state index contributed by atoms with van der Waals surface area (Å²) in [5.74, 6) is -2.27. The van der Waals surface area contributed by atoms with Gasteiger partial charge in [-0.15, -0.1) is 11.8 Å². The maximum absolute atomic E-state index is 10.8. The Morgan fingerprint density at radius 1 is 1.60 bits per heavy atom. The number of esters is 1. The first-order valence-corrected chi connectivity index (χ1v) is 5.19. The topological polar surface area (TPSA) is 111 Å². The van der Waals surface area contributed by atoms with Gasteiger partial charge in [0.2, 0.25) is 5.76 Å². The average Bonchev–Trinajstić information content (AvgIpc) is 2.46. The van der Waals surface area contributed by atoms with Crippen LogP contribution in [0.1, 0.15) is 0 Å². The predicted octanol–water partition coefficient (Wildman–Crippen LogP) is -0.143. The molecule has 0 aromatic heterocycles. The lowest BCUT2D eigenvalue weighted by Gasteiger charge is -2.15. The van der Waals surface area contributed by atoms with Gasteiger partial charge in [-0.2, -0.15) is 5.26 Å². The Morgan fingerprint density at radius 2 is 2.27 bits per heavy atom. The van der Waals surface area contributed by atoms with E-state index in [1.54, 1.807) is 0 Å². The summed E-state index contributed by atoms with van der Waals surface area (Å²) in [5, 5.41) is 35.9. The van der Waals surface area contributed by atoms with Crippen LogP contribution in [0.3, 0.4) is 0 Å². The van der Waals surface area contributed by atoms with E-state index in [0.717, 1.165) is 11.8 Å². The maximum atomic E-state index is 10.8. The number of rotatable bonds is 4. The van der Waals surface area contributed by atoms with Crippen molar-refractivity contribution in [3.63, 3.8) is 0 Å². The van der Waals surface area contributed by atoms with Gasteiger partial charge in [0, 0.05) is 5.75 Å². The highest BCUT2D eigenvalue weighted by Gasteiger charge is 2.38. The van der Waals surface area contributed by atoms with Crippen LogP contribution < -0.4 is 0 Å². The molecule has 0 bridgehead atoms. The van der Waals surface area contributed by atoms with Crippen molar-refractivity contribution in [3.8, 4) is 6.07 Å². The number of hydrogen-bond donors (Lipinski definition) is 3. The molecule has 0 aromatic rings. The lowest BCUT2D eigenvalue weighted by molar-refractivity contribution is -0.146. The van der Waals surface area contributed by atoms with E-state index in [9.17, 15) is 15.0 Å². The quantitative estimate of drug-likeness (QED) is 0.456. The zero-order valence-corrected chi connectivity index (χ0v) is 8.40. The number of nitriles is 1. The van der Waals surface area contributed by atoms with Gasteiger partial charge in [0.05, 0.1) is 11.8 Å². The van der Waals surface area contributed by atoms with E-state index in [4.69, 9.17) is 10.4 Å². The Morgan fingerprint density at radius 3 is 2.73 bits per heavy atom. The Kier molecular flexibility index (Phi) is 3.82. The number of aliphatic hydroxyl groups is 3. The van der Waals surface area contributed by atoms with Crippen molar-refractivity contribution in [2.24, 2.45) is 0 Å². The molecule has 1 heterocycles. The Hall–Kier alpha value is -1.39. The SMILES string of the molecule is N#CCSC[C@H](O)[C@H]1OC(=O)C(O)=C1O. The third-order valence-electron chi connectivity index (χ3n) is 1.74. The first-order valence-electron chi connectivity index (χ1n) is 4.03. The fourth-order valence-corrected chi connectivity index (χ4v) is 1.67. The lowest BCUT2D eigenvalue weighted by Crippen LogP contribution is -2.30. The van der Waals surface area contributed by atoms with Gasteiger partial charge in [0.1, 0.15) is 6.10 Å². The van der Waals surface area contributed by atoms with E-state index >= 15 is 0 Å². The summed E-state index contributed by atoms with van der Waals surface area (Å²) >= 11 is 1.13. The molecule has 82 valence electrons. The molecule has 0 unspecified atom stereocenters. The monoisotopic (exact) mass is 231 g/mol. The van der Waals surface area contributed by atoms with Crippen LogP contribution in [0.4, 0.5) is 0 Å². The van der Waals surface area contributed by atoms with Crippen molar-refractivity contribution < 1.29 is 24.9 Å². The van der Waals surface area contributed by atoms with Crippen LogP contribution in [0.2, 0.25) is 0 Å². The molecule has 1 aliphatic rings. The third kappa shape index (κ3) is 2.55. The fraction of sp³-hybridized carbons (Fsp3) is 0.500. The molecule has 7 heteroatoms. The van der Waals surface area contributed by atoms with E-state index in [1.807, 2.05) is 6.07 Å². The van der Waals surface area contributed by atoms with E-state index < -0.39 is 29.7 Å². The highest BCUT2D eigenvalue weighted by atomic mass is 32.2. The Balaban J connectivity index is 2.52. The molecular formula is C8H9NO5S. The molecule has 2 atom stereocenters. The standard InChI is InChI=1S/C8H9NO5S/c9-1-2-15-3-4(10)7-5(11)6(12)8(13)14-7/h4,7,10-12H,2-3H2/t4-,7+/m0/s1. The number of carbonyl (C=O) groups excluding carboxylic acids is 1. The second-order valence-electron chi connectivity index (χ2n) is 2.80. The van der Waals surface area contributed by atoms with Gasteiger partial charge in [-0.1, -0.05) is 0 Å². The summed E-state index contributed by atoms with van der Waals surface area (Å²) in [4.78, 5) is 10.8. The average molecular weight is 231 g/mol. The minimum atomic E-state index is -1.23. The van der Waals surface area contributed by atoms with E-state index in [-0.39, 0.29) is 11.5 Å². The van der Waals surface area contributed by atoms with Crippen LogP contribution in [0.5, 0.6) is 0 Å². The van der Waals surface area contributed by atoms with Gasteiger partial charge in [0.15, 0.2) is 11.9 Å². The number of carbonyl (C=O) groups is 1. The molecule has 0 radical (unpaired) electrons. The zero-order chi connectivity index (χ0) is 11.4. The maximum Gasteiger partial charge on any atom is 0.377 e. The van der Waals surface area contributed by atoms with Crippen molar-refractivity contribution >= 4 is 17.7 Å². The molecule has 0 saturated heterocycles. The first-order chi connectivity index (χ1) is 7.07. The van der Waals surface area contributed by atoms with Gasteiger partial charge >= 0.3 is 5.97 Å². The molecule has 0 spiro atoms. The highest BCUT2D eigenvalue weighted by Crippen LogP contribution is 2.22. The van der Waals surface area contributed by atoms with Crippen LogP contribution in [0.15, 0.2) is 11.5 Å². The molecule has 0 aromatic carbocycles. The fourth-order valence-electron chi connectivity index (χ4n) is 1.04. The third-order valence-corrected chi connectivity index (χ3v) is 2.65. The summed E-state index contributed by atoms with van der Waals surface area (Å²) in [5.41, 5.74) is 0. The molecular weight excluding hydrogens is 222 g/mol. The number of hydrogen-bond acceptors (Lipinski definition) is 7. The van der Waals surface area contributed by atoms with E-state index in [1.165, 1.54) is 0 Å². The number of aliphatic hydroxyl groups excluding tert-OH is 3. The van der Waals surface area contributed by atoms with Crippen LogP contribution >= 0.6 is 11.8 Å². The van der Waals surface area contributed by atoms with Crippen molar-refractivity contribution in [2.75, 3.05) is 11.5 Å². The number of ether oxygens (including phenoxy) is 1. The van der Waals surface area contributed by atoms with E-state index in [2.05, 4.69) is 4.74 Å². The van der Waals surface area contributed by atoms with Crippen LogP contribution in [0.25, 0.3) is 0 Å². The Labute approximate surface area is 89.8 Å². The minimum Gasteiger partial charge on any atom is -0.505 e. The van der Waals surface area contributed by atoms with Crippen LogP contribution in [-0.4, -0.2) is 45.0 Å². The summed E-state index contributed by atoms with van der Waals surface area (Å²) in [6.07, 6.45) is -2.37.